The molecule has 0 radical (unpaired) electrons. The summed E-state index contributed by atoms with van der Waals surface area (Å²) in [6.45, 7) is 1.93. The maximum Gasteiger partial charge on any atom is 0.128 e. The molecule has 0 bridgehead atoms. The normalized spacial score (nSPS) is 10.1. The molecule has 2 rings (SSSR count). The zero-order chi connectivity index (χ0) is 14.2. The van der Waals surface area contributed by atoms with Gasteiger partial charge in [-0.25, -0.2) is 4.98 Å². The minimum absolute atomic E-state index is 0.886. The van der Waals surface area contributed by atoms with E-state index in [1.165, 1.54) is 5.69 Å². The van der Waals surface area contributed by atoms with Crippen molar-refractivity contribution in [2.24, 2.45) is 0 Å². The lowest BCUT2D eigenvalue weighted by Gasteiger charge is -2.19. The van der Waals surface area contributed by atoms with Crippen LogP contribution in [0.5, 0.6) is 0 Å². The van der Waals surface area contributed by atoms with Crippen LogP contribution in [0.15, 0.2) is 48.5 Å². The minimum atomic E-state index is 0.886. The van der Waals surface area contributed by atoms with Crippen molar-refractivity contribution in [2.45, 2.75) is 6.42 Å². The Labute approximate surface area is 120 Å². The summed E-state index contributed by atoms with van der Waals surface area (Å²) in [6, 6.07) is 16.4. The highest BCUT2D eigenvalue weighted by molar-refractivity contribution is 5.46. The number of hydrogen-bond acceptors (Lipinski definition) is 4. The van der Waals surface area contributed by atoms with E-state index >= 15 is 0 Å². The van der Waals surface area contributed by atoms with Gasteiger partial charge in [0.25, 0.3) is 0 Å². The summed E-state index contributed by atoms with van der Waals surface area (Å²) < 4.78 is 0. The molecule has 0 aliphatic carbocycles. The Morgan fingerprint density at radius 2 is 1.75 bits per heavy atom. The lowest BCUT2D eigenvalue weighted by Crippen LogP contribution is -2.20. The van der Waals surface area contributed by atoms with Gasteiger partial charge in [0.1, 0.15) is 11.6 Å². The number of para-hydroxylation sites is 1. The Kier molecular flexibility index (Phi) is 5.24. The molecule has 2 N–H and O–H groups in total. The minimum Gasteiger partial charge on any atom is -0.375 e. The molecule has 0 aliphatic rings. The number of rotatable bonds is 7. The highest BCUT2D eigenvalue weighted by atomic mass is 15.1. The molecule has 20 heavy (non-hydrogen) atoms. The van der Waals surface area contributed by atoms with Crippen molar-refractivity contribution in [1.29, 1.82) is 0 Å². The van der Waals surface area contributed by atoms with Crippen LogP contribution in [0.4, 0.5) is 17.3 Å². The van der Waals surface area contributed by atoms with Crippen LogP contribution in [0.2, 0.25) is 0 Å². The molecular formula is C16H22N4. The molecule has 0 spiro atoms. The monoisotopic (exact) mass is 270 g/mol. The molecule has 0 fully saturated rings. The van der Waals surface area contributed by atoms with Gasteiger partial charge < -0.3 is 15.5 Å². The second-order valence-electron chi connectivity index (χ2n) is 4.70. The van der Waals surface area contributed by atoms with E-state index in [0.717, 1.165) is 31.1 Å². The molecule has 0 amide bonds. The summed E-state index contributed by atoms with van der Waals surface area (Å²) in [4.78, 5) is 6.69. The molecule has 1 aromatic heterocycles. The fourth-order valence-corrected chi connectivity index (χ4v) is 2.02. The standard InChI is InChI=1S/C16H22N4/c1-17-15-10-6-11-16(19-15)18-12-7-13-20(2)14-8-4-3-5-9-14/h3-6,8-11H,7,12-13H2,1-2H3,(H2,17,18,19). The van der Waals surface area contributed by atoms with Gasteiger partial charge in [-0.05, 0) is 30.7 Å². The van der Waals surface area contributed by atoms with Crippen molar-refractivity contribution in [2.75, 3.05) is 42.7 Å². The zero-order valence-corrected chi connectivity index (χ0v) is 12.1. The van der Waals surface area contributed by atoms with Crippen molar-refractivity contribution >= 4 is 17.3 Å². The SMILES string of the molecule is CNc1cccc(NCCCN(C)c2ccccc2)n1. The molecule has 2 aromatic rings. The third-order valence-electron chi connectivity index (χ3n) is 3.18. The van der Waals surface area contributed by atoms with Gasteiger partial charge in [0.05, 0.1) is 0 Å². The number of aromatic nitrogens is 1. The first kappa shape index (κ1) is 14.2. The second kappa shape index (κ2) is 7.38. The number of anilines is 3. The highest BCUT2D eigenvalue weighted by Crippen LogP contribution is 2.11. The van der Waals surface area contributed by atoms with E-state index in [1.807, 2.05) is 31.3 Å². The fourth-order valence-electron chi connectivity index (χ4n) is 2.02. The van der Waals surface area contributed by atoms with Gasteiger partial charge in [0.15, 0.2) is 0 Å². The predicted molar refractivity (Wildman–Crippen MR) is 86.6 cm³/mol. The first-order valence-corrected chi connectivity index (χ1v) is 6.94. The van der Waals surface area contributed by atoms with Crippen molar-refractivity contribution in [1.82, 2.24) is 4.98 Å². The highest BCUT2D eigenvalue weighted by Gasteiger charge is 2.00. The second-order valence-corrected chi connectivity index (χ2v) is 4.70. The van der Waals surface area contributed by atoms with Crippen LogP contribution < -0.4 is 15.5 Å². The third kappa shape index (κ3) is 4.16. The number of hydrogen-bond donors (Lipinski definition) is 2. The van der Waals surface area contributed by atoms with Gasteiger partial charge in [-0.15, -0.1) is 0 Å². The molecule has 4 nitrogen and oxygen atoms in total. The maximum atomic E-state index is 4.43. The average molecular weight is 270 g/mol. The van der Waals surface area contributed by atoms with E-state index in [-0.39, 0.29) is 0 Å². The molecule has 106 valence electrons. The van der Waals surface area contributed by atoms with Gasteiger partial charge >= 0.3 is 0 Å². The quantitative estimate of drug-likeness (QED) is 0.759. The summed E-state index contributed by atoms with van der Waals surface area (Å²) in [5.41, 5.74) is 1.25. The first-order valence-electron chi connectivity index (χ1n) is 6.94. The maximum absolute atomic E-state index is 4.43. The first-order chi connectivity index (χ1) is 9.79. The van der Waals surface area contributed by atoms with Crippen LogP contribution >= 0.6 is 0 Å². The van der Waals surface area contributed by atoms with Crippen molar-refractivity contribution in [3.63, 3.8) is 0 Å². The summed E-state index contributed by atoms with van der Waals surface area (Å²) >= 11 is 0. The smallest absolute Gasteiger partial charge is 0.128 e. The van der Waals surface area contributed by atoms with Gasteiger partial charge in [0, 0.05) is 32.9 Å². The Bertz CT molecular complexity index is 513. The molecule has 4 heteroatoms. The number of nitrogens with zero attached hydrogens (tertiary/aromatic N) is 2. The van der Waals surface area contributed by atoms with Crippen molar-refractivity contribution < 1.29 is 0 Å². The van der Waals surface area contributed by atoms with Crippen LogP contribution in [-0.2, 0) is 0 Å². The number of benzene rings is 1. The predicted octanol–water partition coefficient (Wildman–Crippen LogP) is 3.06. The fraction of sp³-hybridized carbons (Fsp3) is 0.312. The molecule has 1 aromatic carbocycles. The molecule has 1 heterocycles. The summed E-state index contributed by atoms with van der Waals surface area (Å²) in [5.74, 6) is 1.80. The Morgan fingerprint density at radius 1 is 1.00 bits per heavy atom. The summed E-state index contributed by atoms with van der Waals surface area (Å²) in [5, 5.41) is 6.39. The van der Waals surface area contributed by atoms with E-state index < -0.39 is 0 Å². The van der Waals surface area contributed by atoms with E-state index in [9.17, 15) is 0 Å². The van der Waals surface area contributed by atoms with E-state index in [4.69, 9.17) is 0 Å². The largest absolute Gasteiger partial charge is 0.375 e. The van der Waals surface area contributed by atoms with Gasteiger partial charge in [-0.2, -0.15) is 0 Å². The van der Waals surface area contributed by atoms with Crippen LogP contribution in [0, 0.1) is 0 Å². The Morgan fingerprint density at radius 3 is 2.50 bits per heavy atom. The molecule has 0 saturated heterocycles. The zero-order valence-electron chi connectivity index (χ0n) is 12.1. The van der Waals surface area contributed by atoms with Gasteiger partial charge in [-0.3, -0.25) is 0 Å². The average Bonchev–Trinajstić information content (AvgIpc) is 2.52. The van der Waals surface area contributed by atoms with E-state index in [2.05, 4.69) is 51.8 Å². The van der Waals surface area contributed by atoms with Crippen LogP contribution in [0.25, 0.3) is 0 Å². The summed E-state index contributed by atoms with van der Waals surface area (Å²) in [6.07, 6.45) is 1.07. The number of nitrogens with one attached hydrogen (secondary N) is 2. The van der Waals surface area contributed by atoms with E-state index in [1.54, 1.807) is 0 Å². The number of pyridine rings is 1. The molecular weight excluding hydrogens is 248 g/mol. The topological polar surface area (TPSA) is 40.2 Å². The van der Waals surface area contributed by atoms with Gasteiger partial charge in [-0.1, -0.05) is 24.3 Å². The summed E-state index contributed by atoms with van der Waals surface area (Å²) in [7, 11) is 4.00. The molecule has 0 aliphatic heterocycles. The van der Waals surface area contributed by atoms with Crippen LogP contribution in [0.3, 0.4) is 0 Å². The molecule has 0 unspecified atom stereocenters. The van der Waals surface area contributed by atoms with Crippen LogP contribution in [-0.4, -0.2) is 32.2 Å². The van der Waals surface area contributed by atoms with E-state index in [0.29, 0.717) is 0 Å². The lowest BCUT2D eigenvalue weighted by atomic mass is 10.3. The Balaban J connectivity index is 1.73. The third-order valence-corrected chi connectivity index (χ3v) is 3.18. The Hall–Kier alpha value is -2.23. The van der Waals surface area contributed by atoms with Crippen molar-refractivity contribution in [3.05, 3.63) is 48.5 Å². The lowest BCUT2D eigenvalue weighted by molar-refractivity contribution is 0.814. The molecule has 0 saturated carbocycles. The van der Waals surface area contributed by atoms with Crippen LogP contribution in [0.1, 0.15) is 6.42 Å². The van der Waals surface area contributed by atoms with Gasteiger partial charge in [0.2, 0.25) is 0 Å². The van der Waals surface area contributed by atoms with Crippen molar-refractivity contribution in [3.8, 4) is 0 Å². The molecule has 0 atom stereocenters.